The molecule has 4 aromatic rings. The van der Waals surface area contributed by atoms with E-state index in [1.165, 1.54) is 18.3 Å². The number of likely N-dealkylation sites (N-methyl/N-ethyl adjacent to an activating group) is 1. The molecule has 0 spiro atoms. The number of rotatable bonds is 6. The minimum absolute atomic E-state index is 0.00109. The topological polar surface area (TPSA) is 74.7 Å². The van der Waals surface area contributed by atoms with E-state index in [2.05, 4.69) is 28.5 Å². The number of benzene rings is 2. The minimum atomic E-state index is -0.681. The number of ether oxygens (including phenoxy) is 1. The molecule has 8 nitrogen and oxygen atoms in total. The minimum Gasteiger partial charge on any atom is -0.462 e. The van der Waals surface area contributed by atoms with Crippen LogP contribution in [0, 0.1) is 11.6 Å². The Kier molecular flexibility index (Phi) is 7.67. The van der Waals surface area contributed by atoms with Gasteiger partial charge in [-0.2, -0.15) is 9.97 Å². The summed E-state index contributed by atoms with van der Waals surface area (Å²) in [6.45, 7) is 8.32. The van der Waals surface area contributed by atoms with Gasteiger partial charge in [-0.1, -0.05) is 42.4 Å². The molecule has 2 saturated heterocycles. The van der Waals surface area contributed by atoms with Gasteiger partial charge in [-0.3, -0.25) is 9.78 Å². The second kappa shape index (κ2) is 11.4. The Labute approximate surface area is 247 Å². The van der Waals surface area contributed by atoms with Gasteiger partial charge in [-0.15, -0.1) is 0 Å². The van der Waals surface area contributed by atoms with E-state index in [1.807, 2.05) is 11.8 Å². The maximum Gasteiger partial charge on any atom is 0.319 e. The first-order valence-electron chi connectivity index (χ1n) is 14.0. The summed E-state index contributed by atoms with van der Waals surface area (Å²) >= 11 is 6.36. The van der Waals surface area contributed by atoms with Crippen LogP contribution in [0.1, 0.15) is 19.8 Å². The fourth-order valence-electron chi connectivity index (χ4n) is 5.96. The van der Waals surface area contributed by atoms with Crippen molar-refractivity contribution in [2.24, 2.45) is 0 Å². The molecule has 6 rings (SSSR count). The molecular weight excluding hydrogens is 562 g/mol. The molecule has 2 fully saturated rings. The standard InChI is InChI=1S/C31H31ClF2N6O2/c1-4-24(41)39-13-14-40(18(2)16-39)30-22-15-35-28(21-9-5-7-19-10-11-23(33)26(32)25(19)21)27(34)29(22)36-31(37-30)42-17-20-8-6-12-38(20)3/h4-5,7,9-11,15,18,20H,1,6,8,12-14,16-17H2,2-3H3/t18-,20-/m0/s1. The zero-order valence-corrected chi connectivity index (χ0v) is 24.2. The second-order valence-electron chi connectivity index (χ2n) is 10.9. The SMILES string of the molecule is C=CC(=O)N1CCN(c2nc(OC[C@@H]3CCCN3C)nc3c(F)c(-c4cccc5ccc(F)c(Cl)c45)ncc23)[C@@H](C)C1. The average Bonchev–Trinajstić information content (AvgIpc) is 3.41. The van der Waals surface area contributed by atoms with E-state index in [1.54, 1.807) is 29.2 Å². The second-order valence-corrected chi connectivity index (χ2v) is 11.3. The zero-order chi connectivity index (χ0) is 29.5. The Morgan fingerprint density at radius 1 is 1.19 bits per heavy atom. The summed E-state index contributed by atoms with van der Waals surface area (Å²) in [7, 11) is 2.05. The number of amides is 1. The van der Waals surface area contributed by atoms with Crippen molar-refractivity contribution in [1.29, 1.82) is 0 Å². The average molecular weight is 593 g/mol. The molecule has 0 aliphatic carbocycles. The largest absolute Gasteiger partial charge is 0.462 e. The van der Waals surface area contributed by atoms with E-state index in [-0.39, 0.29) is 40.2 Å². The smallest absolute Gasteiger partial charge is 0.319 e. The molecule has 2 aliphatic heterocycles. The number of hydrogen-bond donors (Lipinski definition) is 0. The number of halogens is 3. The highest BCUT2D eigenvalue weighted by atomic mass is 35.5. The number of anilines is 1. The van der Waals surface area contributed by atoms with Crippen molar-refractivity contribution in [3.8, 4) is 17.3 Å². The third-order valence-electron chi connectivity index (χ3n) is 8.30. The van der Waals surface area contributed by atoms with Crippen LogP contribution < -0.4 is 9.64 Å². The maximum absolute atomic E-state index is 16.5. The number of carbonyl (C=O) groups excluding carboxylic acids is 1. The van der Waals surface area contributed by atoms with E-state index in [4.69, 9.17) is 21.3 Å². The number of pyridine rings is 1. The molecular formula is C31H31ClF2N6O2. The number of piperazine rings is 1. The van der Waals surface area contributed by atoms with E-state index in [0.717, 1.165) is 19.4 Å². The Morgan fingerprint density at radius 2 is 2.02 bits per heavy atom. The fourth-order valence-corrected chi connectivity index (χ4v) is 6.24. The van der Waals surface area contributed by atoms with E-state index in [9.17, 15) is 9.18 Å². The molecule has 2 atom stereocenters. The van der Waals surface area contributed by atoms with Crippen LogP contribution in [-0.4, -0.2) is 82.6 Å². The summed E-state index contributed by atoms with van der Waals surface area (Å²) in [5.74, 6) is -0.938. The maximum atomic E-state index is 16.5. The lowest BCUT2D eigenvalue weighted by Gasteiger charge is -2.40. The molecule has 2 aliphatic rings. The third kappa shape index (κ3) is 5.03. The van der Waals surface area contributed by atoms with Gasteiger partial charge in [0, 0.05) is 48.9 Å². The molecule has 11 heteroatoms. The number of likely N-dealkylation sites (tertiary alicyclic amines) is 1. The van der Waals surface area contributed by atoms with Crippen LogP contribution in [0.25, 0.3) is 32.9 Å². The van der Waals surface area contributed by atoms with Gasteiger partial charge < -0.3 is 19.4 Å². The molecule has 1 amide bonds. The first-order valence-corrected chi connectivity index (χ1v) is 14.4. The lowest BCUT2D eigenvalue weighted by molar-refractivity contribution is -0.126. The fraction of sp³-hybridized carbons (Fsp3) is 0.355. The van der Waals surface area contributed by atoms with Gasteiger partial charge in [0.1, 0.15) is 29.5 Å². The summed E-state index contributed by atoms with van der Waals surface area (Å²) in [6.07, 6.45) is 4.92. The van der Waals surface area contributed by atoms with Crippen molar-refractivity contribution in [3.05, 3.63) is 65.8 Å². The van der Waals surface area contributed by atoms with Crippen LogP contribution >= 0.6 is 11.6 Å². The van der Waals surface area contributed by atoms with Crippen LogP contribution in [0.4, 0.5) is 14.6 Å². The van der Waals surface area contributed by atoms with Gasteiger partial charge >= 0.3 is 6.01 Å². The quantitative estimate of drug-likeness (QED) is 0.275. The Bertz CT molecular complexity index is 1700. The van der Waals surface area contributed by atoms with Gasteiger partial charge in [0.2, 0.25) is 5.91 Å². The lowest BCUT2D eigenvalue weighted by Crippen LogP contribution is -2.53. The highest BCUT2D eigenvalue weighted by Gasteiger charge is 2.30. The summed E-state index contributed by atoms with van der Waals surface area (Å²) in [6, 6.07) is 8.24. The van der Waals surface area contributed by atoms with E-state index < -0.39 is 11.6 Å². The van der Waals surface area contributed by atoms with Crippen LogP contribution in [0.2, 0.25) is 5.02 Å². The summed E-state index contributed by atoms with van der Waals surface area (Å²) in [4.78, 5) is 32.0. The van der Waals surface area contributed by atoms with E-state index in [0.29, 0.717) is 53.8 Å². The van der Waals surface area contributed by atoms with Crippen molar-refractivity contribution in [2.45, 2.75) is 31.8 Å². The van der Waals surface area contributed by atoms with Crippen molar-refractivity contribution in [1.82, 2.24) is 24.8 Å². The molecule has 2 aromatic carbocycles. The number of fused-ring (bicyclic) bond motifs is 2. The Balaban J connectivity index is 1.47. The Morgan fingerprint density at radius 3 is 2.76 bits per heavy atom. The van der Waals surface area contributed by atoms with Gasteiger partial charge in [0.25, 0.3) is 0 Å². The number of hydrogen-bond acceptors (Lipinski definition) is 7. The van der Waals surface area contributed by atoms with Gasteiger partial charge in [0.05, 0.1) is 10.4 Å². The molecule has 0 saturated carbocycles. The van der Waals surface area contributed by atoms with Crippen LogP contribution in [0.3, 0.4) is 0 Å². The number of aromatic nitrogens is 3. The predicted molar refractivity (Wildman–Crippen MR) is 160 cm³/mol. The third-order valence-corrected chi connectivity index (χ3v) is 8.67. The van der Waals surface area contributed by atoms with Gasteiger partial charge in [-0.25, -0.2) is 8.78 Å². The normalized spacial score (nSPS) is 19.5. The lowest BCUT2D eigenvalue weighted by atomic mass is 10.0. The van der Waals surface area contributed by atoms with Gasteiger partial charge in [0.15, 0.2) is 5.82 Å². The number of carbonyl (C=O) groups is 1. The van der Waals surface area contributed by atoms with Crippen molar-refractivity contribution >= 4 is 45.0 Å². The Hall–Kier alpha value is -3.89. The van der Waals surface area contributed by atoms with Crippen molar-refractivity contribution < 1.29 is 18.3 Å². The molecule has 4 heterocycles. The van der Waals surface area contributed by atoms with Crippen molar-refractivity contribution in [3.63, 3.8) is 0 Å². The van der Waals surface area contributed by atoms with Gasteiger partial charge in [-0.05, 0) is 50.9 Å². The molecule has 0 radical (unpaired) electrons. The predicted octanol–water partition coefficient (Wildman–Crippen LogP) is 5.47. The first kappa shape index (κ1) is 28.2. The molecule has 0 N–H and O–H groups in total. The summed E-state index contributed by atoms with van der Waals surface area (Å²) < 4.78 is 37.1. The number of nitrogens with zero attached hydrogens (tertiary/aromatic N) is 6. The summed E-state index contributed by atoms with van der Waals surface area (Å²) in [5.41, 5.74) is 0.402. The first-order chi connectivity index (χ1) is 20.3. The van der Waals surface area contributed by atoms with E-state index >= 15 is 4.39 Å². The molecule has 42 heavy (non-hydrogen) atoms. The molecule has 2 aromatic heterocycles. The molecule has 0 unspecified atom stereocenters. The molecule has 0 bridgehead atoms. The van der Waals surface area contributed by atoms with Crippen molar-refractivity contribution in [2.75, 3.05) is 44.7 Å². The summed E-state index contributed by atoms with van der Waals surface area (Å²) in [5, 5.41) is 1.35. The van der Waals surface area contributed by atoms with Crippen LogP contribution in [0.15, 0.2) is 49.2 Å². The highest BCUT2D eigenvalue weighted by Crippen LogP contribution is 2.38. The molecule has 218 valence electrons. The van der Waals surface area contributed by atoms with Crippen LogP contribution in [0.5, 0.6) is 6.01 Å². The van der Waals surface area contributed by atoms with Crippen LogP contribution in [-0.2, 0) is 4.79 Å². The highest BCUT2D eigenvalue weighted by molar-refractivity contribution is 6.36. The zero-order valence-electron chi connectivity index (χ0n) is 23.5. The monoisotopic (exact) mass is 592 g/mol.